The van der Waals surface area contributed by atoms with Gasteiger partial charge >= 0.3 is 0 Å². The summed E-state index contributed by atoms with van der Waals surface area (Å²) in [6.45, 7) is 1.92. The zero-order chi connectivity index (χ0) is 12.8. The third kappa shape index (κ3) is 3.80. The van der Waals surface area contributed by atoms with Crippen LogP contribution in [0.2, 0.25) is 0 Å². The summed E-state index contributed by atoms with van der Waals surface area (Å²) in [5, 5.41) is 2.65. The Morgan fingerprint density at radius 2 is 2.06 bits per heavy atom. The smallest absolute Gasteiger partial charge is 0.251 e. The van der Waals surface area contributed by atoms with E-state index in [-0.39, 0.29) is 18.3 Å². The lowest BCUT2D eigenvalue weighted by Gasteiger charge is -2.14. The molecule has 0 fully saturated rings. The highest BCUT2D eigenvalue weighted by Gasteiger charge is 2.12. The first kappa shape index (κ1) is 13.6. The molecule has 0 bridgehead atoms. The van der Waals surface area contributed by atoms with Gasteiger partial charge in [0.05, 0.1) is 6.54 Å². The van der Waals surface area contributed by atoms with Crippen molar-refractivity contribution in [2.24, 2.45) is 0 Å². The average molecular weight is 241 g/mol. The van der Waals surface area contributed by atoms with E-state index >= 15 is 0 Å². The summed E-state index contributed by atoms with van der Waals surface area (Å²) in [4.78, 5) is 11.8. The molecule has 0 saturated carbocycles. The average Bonchev–Trinajstić information content (AvgIpc) is 2.30. The van der Waals surface area contributed by atoms with Gasteiger partial charge < -0.3 is 14.8 Å². The van der Waals surface area contributed by atoms with Crippen LogP contribution >= 0.6 is 0 Å². The molecule has 4 nitrogen and oxygen atoms in total. The van der Waals surface area contributed by atoms with E-state index in [1.54, 1.807) is 6.92 Å². The SMILES string of the molecule is COC(CNC(=O)c1ccc(F)cc1C)OC. The summed E-state index contributed by atoms with van der Waals surface area (Å²) in [7, 11) is 2.98. The Kier molecular flexibility index (Phi) is 5.06. The van der Waals surface area contributed by atoms with Crippen molar-refractivity contribution < 1.29 is 18.7 Å². The number of halogens is 1. The van der Waals surface area contributed by atoms with Crippen LogP contribution in [0.3, 0.4) is 0 Å². The Balaban J connectivity index is 2.64. The number of nitrogens with one attached hydrogen (secondary N) is 1. The van der Waals surface area contributed by atoms with E-state index in [9.17, 15) is 9.18 Å². The number of hydrogen-bond donors (Lipinski definition) is 1. The number of carbonyl (C=O) groups is 1. The van der Waals surface area contributed by atoms with E-state index in [1.807, 2.05) is 0 Å². The number of methoxy groups -OCH3 is 2. The standard InChI is InChI=1S/C12H16FNO3/c1-8-6-9(13)4-5-10(8)12(15)14-7-11(16-2)17-3/h4-6,11H,7H2,1-3H3,(H,14,15). The van der Waals surface area contributed by atoms with E-state index in [2.05, 4.69) is 5.32 Å². The first-order valence-corrected chi connectivity index (χ1v) is 5.18. The van der Waals surface area contributed by atoms with Gasteiger partial charge in [0.15, 0.2) is 6.29 Å². The first-order chi connectivity index (χ1) is 8.08. The summed E-state index contributed by atoms with van der Waals surface area (Å²) in [5.74, 6) is -0.632. The molecule has 0 spiro atoms. The highest BCUT2D eigenvalue weighted by molar-refractivity contribution is 5.95. The number of aryl methyl sites for hydroxylation is 1. The topological polar surface area (TPSA) is 47.6 Å². The van der Waals surface area contributed by atoms with Gasteiger partial charge in [0.25, 0.3) is 5.91 Å². The number of rotatable bonds is 5. The zero-order valence-corrected chi connectivity index (χ0v) is 10.1. The monoisotopic (exact) mass is 241 g/mol. The molecule has 1 amide bonds. The van der Waals surface area contributed by atoms with E-state index in [1.165, 1.54) is 32.4 Å². The van der Waals surface area contributed by atoms with Crippen LogP contribution in [0, 0.1) is 12.7 Å². The summed E-state index contributed by atoms with van der Waals surface area (Å²) >= 11 is 0. The van der Waals surface area contributed by atoms with E-state index in [0.717, 1.165) is 0 Å². The molecule has 17 heavy (non-hydrogen) atoms. The molecule has 5 heteroatoms. The molecule has 0 unspecified atom stereocenters. The fraction of sp³-hybridized carbons (Fsp3) is 0.417. The van der Waals surface area contributed by atoms with Crippen molar-refractivity contribution >= 4 is 5.91 Å². The number of hydrogen-bond acceptors (Lipinski definition) is 3. The van der Waals surface area contributed by atoms with Crippen LogP contribution in [0.4, 0.5) is 4.39 Å². The molecule has 0 atom stereocenters. The van der Waals surface area contributed by atoms with E-state index in [4.69, 9.17) is 9.47 Å². The van der Waals surface area contributed by atoms with Gasteiger partial charge in [-0.05, 0) is 30.7 Å². The molecule has 0 aromatic heterocycles. The van der Waals surface area contributed by atoms with Crippen LogP contribution in [-0.2, 0) is 9.47 Å². The van der Waals surface area contributed by atoms with Gasteiger partial charge in [0, 0.05) is 19.8 Å². The molecule has 1 aromatic rings. The number of amides is 1. The second kappa shape index (κ2) is 6.32. The number of carbonyl (C=O) groups excluding carboxylic acids is 1. The van der Waals surface area contributed by atoms with Gasteiger partial charge in [-0.1, -0.05) is 0 Å². The molecular formula is C12H16FNO3. The molecular weight excluding hydrogens is 225 g/mol. The lowest BCUT2D eigenvalue weighted by atomic mass is 10.1. The van der Waals surface area contributed by atoms with Crippen molar-refractivity contribution in [1.29, 1.82) is 0 Å². The lowest BCUT2D eigenvalue weighted by molar-refractivity contribution is -0.0974. The molecule has 0 radical (unpaired) electrons. The molecule has 0 aliphatic carbocycles. The van der Waals surface area contributed by atoms with Crippen molar-refractivity contribution in [3.05, 3.63) is 35.1 Å². The Morgan fingerprint density at radius 3 is 2.59 bits per heavy atom. The summed E-state index contributed by atoms with van der Waals surface area (Å²) in [6, 6.07) is 4.03. The highest BCUT2D eigenvalue weighted by atomic mass is 19.1. The van der Waals surface area contributed by atoms with Gasteiger partial charge in [-0.2, -0.15) is 0 Å². The normalized spacial score (nSPS) is 10.6. The second-order valence-corrected chi connectivity index (χ2v) is 3.57. The minimum Gasteiger partial charge on any atom is -0.354 e. The summed E-state index contributed by atoms with van der Waals surface area (Å²) in [6.07, 6.45) is -0.486. The van der Waals surface area contributed by atoms with Crippen LogP contribution in [0.15, 0.2) is 18.2 Å². The Labute approximate surface area is 99.7 Å². The van der Waals surface area contributed by atoms with Crippen molar-refractivity contribution in [3.63, 3.8) is 0 Å². The minimum absolute atomic E-state index is 0.239. The van der Waals surface area contributed by atoms with Gasteiger partial charge in [0.2, 0.25) is 0 Å². The van der Waals surface area contributed by atoms with Crippen LogP contribution in [-0.4, -0.2) is 33.0 Å². The Morgan fingerprint density at radius 1 is 1.41 bits per heavy atom. The quantitative estimate of drug-likeness (QED) is 0.794. The highest BCUT2D eigenvalue weighted by Crippen LogP contribution is 2.09. The van der Waals surface area contributed by atoms with Crippen LogP contribution < -0.4 is 5.32 Å². The zero-order valence-electron chi connectivity index (χ0n) is 10.1. The van der Waals surface area contributed by atoms with Crippen molar-refractivity contribution in [2.45, 2.75) is 13.2 Å². The van der Waals surface area contributed by atoms with Crippen molar-refractivity contribution in [1.82, 2.24) is 5.32 Å². The maximum atomic E-state index is 12.9. The minimum atomic E-state index is -0.486. The van der Waals surface area contributed by atoms with Gasteiger partial charge in [-0.15, -0.1) is 0 Å². The molecule has 1 aromatic carbocycles. The van der Waals surface area contributed by atoms with Crippen LogP contribution in [0.1, 0.15) is 15.9 Å². The summed E-state index contributed by atoms with van der Waals surface area (Å²) < 4.78 is 22.7. The fourth-order valence-corrected chi connectivity index (χ4v) is 1.42. The number of benzene rings is 1. The van der Waals surface area contributed by atoms with Crippen molar-refractivity contribution in [2.75, 3.05) is 20.8 Å². The third-order valence-corrected chi connectivity index (χ3v) is 2.39. The predicted octanol–water partition coefficient (Wildman–Crippen LogP) is 1.48. The summed E-state index contributed by atoms with van der Waals surface area (Å²) in [5.41, 5.74) is 1.03. The largest absolute Gasteiger partial charge is 0.354 e. The maximum absolute atomic E-state index is 12.9. The Hall–Kier alpha value is -1.46. The van der Waals surface area contributed by atoms with Crippen molar-refractivity contribution in [3.8, 4) is 0 Å². The predicted molar refractivity (Wildman–Crippen MR) is 61.3 cm³/mol. The Bertz CT molecular complexity index is 391. The third-order valence-electron chi connectivity index (χ3n) is 2.39. The second-order valence-electron chi connectivity index (χ2n) is 3.57. The van der Waals surface area contributed by atoms with Gasteiger partial charge in [-0.25, -0.2) is 4.39 Å². The van der Waals surface area contributed by atoms with Crippen LogP contribution in [0.5, 0.6) is 0 Å². The molecule has 0 aliphatic heterocycles. The lowest BCUT2D eigenvalue weighted by Crippen LogP contribution is -2.34. The number of ether oxygens (including phenoxy) is 2. The molecule has 0 heterocycles. The maximum Gasteiger partial charge on any atom is 0.251 e. The fourth-order valence-electron chi connectivity index (χ4n) is 1.42. The molecule has 0 saturated heterocycles. The first-order valence-electron chi connectivity index (χ1n) is 5.18. The van der Waals surface area contributed by atoms with Gasteiger partial charge in [-0.3, -0.25) is 4.79 Å². The van der Waals surface area contributed by atoms with Gasteiger partial charge in [0.1, 0.15) is 5.82 Å². The van der Waals surface area contributed by atoms with Crippen LogP contribution in [0.25, 0.3) is 0 Å². The molecule has 1 N–H and O–H groups in total. The molecule has 0 aliphatic rings. The van der Waals surface area contributed by atoms with E-state index < -0.39 is 6.29 Å². The molecule has 94 valence electrons. The van der Waals surface area contributed by atoms with E-state index in [0.29, 0.717) is 11.1 Å². The molecule has 1 rings (SSSR count).